The van der Waals surface area contributed by atoms with Crippen molar-refractivity contribution in [3.8, 4) is 16.9 Å². The Balaban J connectivity index is 1.92. The van der Waals surface area contributed by atoms with E-state index >= 15 is 0 Å². The fraction of sp³-hybridized carbons (Fsp3) is 0.0714. The average Bonchev–Trinajstić information content (AvgIpc) is 2.98. The second kappa shape index (κ2) is 4.99. The molecular weight excluding hydrogens is 240 g/mol. The smallest absolute Gasteiger partial charge is 0.171 e. The molecule has 0 unspecified atom stereocenters. The molecule has 0 amide bonds. The first-order chi connectivity index (χ1) is 9.36. The Morgan fingerprint density at radius 3 is 2.47 bits per heavy atom. The first kappa shape index (κ1) is 11.6. The highest BCUT2D eigenvalue weighted by Crippen LogP contribution is 2.18. The summed E-state index contributed by atoms with van der Waals surface area (Å²) in [6, 6.07) is 10.0. The van der Waals surface area contributed by atoms with E-state index in [1.807, 2.05) is 36.5 Å². The molecule has 5 heteroatoms. The van der Waals surface area contributed by atoms with E-state index in [0.29, 0.717) is 11.5 Å². The Morgan fingerprint density at radius 1 is 0.947 bits per heavy atom. The molecule has 0 saturated heterocycles. The third-order valence-electron chi connectivity index (χ3n) is 2.78. The largest absolute Gasteiger partial charge is 0.390 e. The minimum absolute atomic E-state index is 0.109. The van der Waals surface area contributed by atoms with Gasteiger partial charge in [-0.2, -0.15) is 5.10 Å². The Morgan fingerprint density at radius 2 is 1.79 bits per heavy atom. The van der Waals surface area contributed by atoms with Gasteiger partial charge in [-0.15, -0.1) is 0 Å². The molecule has 0 radical (unpaired) electrons. The first-order valence-electron chi connectivity index (χ1n) is 5.89. The Bertz CT molecular complexity index is 661. The molecule has 0 fully saturated rings. The lowest BCUT2D eigenvalue weighted by Gasteiger charge is -2.00. The molecule has 0 saturated carbocycles. The Labute approximate surface area is 110 Å². The van der Waals surface area contributed by atoms with Gasteiger partial charge >= 0.3 is 0 Å². The van der Waals surface area contributed by atoms with Crippen molar-refractivity contribution < 1.29 is 5.11 Å². The third kappa shape index (κ3) is 2.36. The number of rotatable bonds is 3. The maximum atomic E-state index is 8.93. The standard InChI is InChI=1S/C14H12N4O/c19-10-13-7-16-14(8-15-13)18-9-12(6-17-18)11-4-2-1-3-5-11/h1-9,19H,10H2. The number of benzene rings is 1. The highest BCUT2D eigenvalue weighted by atomic mass is 16.3. The average molecular weight is 252 g/mol. The van der Waals surface area contributed by atoms with Crippen molar-refractivity contribution in [1.29, 1.82) is 0 Å². The van der Waals surface area contributed by atoms with Crippen LogP contribution in [0.5, 0.6) is 0 Å². The first-order valence-corrected chi connectivity index (χ1v) is 5.89. The number of aliphatic hydroxyl groups is 1. The normalized spacial score (nSPS) is 10.6. The summed E-state index contributed by atoms with van der Waals surface area (Å²) in [5, 5.41) is 13.2. The lowest BCUT2D eigenvalue weighted by atomic mass is 10.1. The number of aromatic nitrogens is 4. The van der Waals surface area contributed by atoms with Gasteiger partial charge in [0.15, 0.2) is 5.82 Å². The molecular formula is C14H12N4O. The summed E-state index contributed by atoms with van der Waals surface area (Å²) in [6.07, 6.45) is 6.82. The number of nitrogens with zero attached hydrogens (tertiary/aromatic N) is 4. The van der Waals surface area contributed by atoms with E-state index in [0.717, 1.165) is 11.1 Å². The van der Waals surface area contributed by atoms with Crippen molar-refractivity contribution >= 4 is 0 Å². The van der Waals surface area contributed by atoms with Crippen LogP contribution in [-0.2, 0) is 6.61 Å². The molecule has 19 heavy (non-hydrogen) atoms. The van der Waals surface area contributed by atoms with Gasteiger partial charge in [0.05, 0.1) is 30.9 Å². The number of aliphatic hydroxyl groups excluding tert-OH is 1. The van der Waals surface area contributed by atoms with Crippen molar-refractivity contribution in [2.45, 2.75) is 6.61 Å². The Hall–Kier alpha value is -2.53. The van der Waals surface area contributed by atoms with Gasteiger partial charge in [0.2, 0.25) is 0 Å². The van der Waals surface area contributed by atoms with Gasteiger partial charge in [0, 0.05) is 11.8 Å². The van der Waals surface area contributed by atoms with Crippen molar-refractivity contribution in [2.75, 3.05) is 0 Å². The zero-order valence-electron chi connectivity index (χ0n) is 10.1. The van der Waals surface area contributed by atoms with Crippen molar-refractivity contribution in [2.24, 2.45) is 0 Å². The summed E-state index contributed by atoms with van der Waals surface area (Å²) >= 11 is 0. The van der Waals surface area contributed by atoms with E-state index in [4.69, 9.17) is 5.11 Å². The van der Waals surface area contributed by atoms with Gasteiger partial charge in [-0.05, 0) is 5.56 Å². The molecule has 2 aromatic heterocycles. The molecule has 0 aliphatic rings. The maximum absolute atomic E-state index is 8.93. The predicted molar refractivity (Wildman–Crippen MR) is 70.5 cm³/mol. The van der Waals surface area contributed by atoms with E-state index in [2.05, 4.69) is 15.1 Å². The lowest BCUT2D eigenvalue weighted by Crippen LogP contribution is -2.00. The lowest BCUT2D eigenvalue weighted by molar-refractivity contribution is 0.276. The third-order valence-corrected chi connectivity index (χ3v) is 2.78. The zero-order valence-corrected chi connectivity index (χ0v) is 10.1. The fourth-order valence-corrected chi connectivity index (χ4v) is 1.78. The maximum Gasteiger partial charge on any atom is 0.171 e. The van der Waals surface area contributed by atoms with Crippen LogP contribution in [0.3, 0.4) is 0 Å². The fourth-order valence-electron chi connectivity index (χ4n) is 1.78. The molecule has 0 aliphatic carbocycles. The molecule has 0 bridgehead atoms. The van der Waals surface area contributed by atoms with Gasteiger partial charge in [-0.1, -0.05) is 30.3 Å². The number of hydrogen-bond acceptors (Lipinski definition) is 4. The minimum Gasteiger partial charge on any atom is -0.390 e. The van der Waals surface area contributed by atoms with Gasteiger partial charge in [0.25, 0.3) is 0 Å². The van der Waals surface area contributed by atoms with E-state index in [9.17, 15) is 0 Å². The second-order valence-electron chi connectivity index (χ2n) is 4.06. The molecule has 5 nitrogen and oxygen atoms in total. The van der Waals surface area contributed by atoms with Crippen LogP contribution in [0.2, 0.25) is 0 Å². The quantitative estimate of drug-likeness (QED) is 0.772. The van der Waals surface area contributed by atoms with Crippen molar-refractivity contribution in [3.63, 3.8) is 0 Å². The number of hydrogen-bond donors (Lipinski definition) is 1. The van der Waals surface area contributed by atoms with Crippen LogP contribution in [0, 0.1) is 0 Å². The minimum atomic E-state index is -0.109. The monoisotopic (exact) mass is 252 g/mol. The van der Waals surface area contributed by atoms with Crippen molar-refractivity contribution in [3.05, 3.63) is 60.8 Å². The SMILES string of the molecule is OCc1cnc(-n2cc(-c3ccccc3)cn2)cn1. The van der Waals surface area contributed by atoms with E-state index in [-0.39, 0.29) is 6.61 Å². The molecule has 0 atom stereocenters. The zero-order chi connectivity index (χ0) is 13.1. The molecule has 3 rings (SSSR count). The van der Waals surface area contributed by atoms with Crippen LogP contribution in [0.1, 0.15) is 5.69 Å². The highest BCUT2D eigenvalue weighted by molar-refractivity contribution is 5.61. The van der Waals surface area contributed by atoms with Gasteiger partial charge in [-0.3, -0.25) is 4.98 Å². The van der Waals surface area contributed by atoms with E-state index in [1.165, 1.54) is 0 Å². The second-order valence-corrected chi connectivity index (χ2v) is 4.06. The summed E-state index contributed by atoms with van der Waals surface area (Å²) < 4.78 is 1.66. The molecule has 94 valence electrons. The summed E-state index contributed by atoms with van der Waals surface area (Å²) in [5.74, 6) is 0.624. The summed E-state index contributed by atoms with van der Waals surface area (Å²) in [6.45, 7) is -0.109. The van der Waals surface area contributed by atoms with Crippen LogP contribution in [0.4, 0.5) is 0 Å². The molecule has 0 spiro atoms. The summed E-state index contributed by atoms with van der Waals surface area (Å²) in [4.78, 5) is 8.29. The van der Waals surface area contributed by atoms with Crippen LogP contribution >= 0.6 is 0 Å². The van der Waals surface area contributed by atoms with Gasteiger partial charge in [-0.25, -0.2) is 9.67 Å². The van der Waals surface area contributed by atoms with E-state index in [1.54, 1.807) is 23.3 Å². The predicted octanol–water partition coefficient (Wildman–Crippen LogP) is 1.82. The van der Waals surface area contributed by atoms with Gasteiger partial charge in [0.1, 0.15) is 0 Å². The topological polar surface area (TPSA) is 63.8 Å². The molecule has 2 heterocycles. The molecule has 1 N–H and O–H groups in total. The Kier molecular flexibility index (Phi) is 3.04. The van der Waals surface area contributed by atoms with Crippen LogP contribution in [0.25, 0.3) is 16.9 Å². The van der Waals surface area contributed by atoms with E-state index < -0.39 is 0 Å². The van der Waals surface area contributed by atoms with Crippen molar-refractivity contribution in [1.82, 2.24) is 19.7 Å². The van der Waals surface area contributed by atoms with Crippen LogP contribution < -0.4 is 0 Å². The molecule has 0 aliphatic heterocycles. The molecule has 3 aromatic rings. The van der Waals surface area contributed by atoms with Crippen LogP contribution in [0.15, 0.2) is 55.1 Å². The molecule has 1 aromatic carbocycles. The summed E-state index contributed by atoms with van der Waals surface area (Å²) in [5.41, 5.74) is 2.67. The summed E-state index contributed by atoms with van der Waals surface area (Å²) in [7, 11) is 0. The van der Waals surface area contributed by atoms with Gasteiger partial charge < -0.3 is 5.11 Å². The highest BCUT2D eigenvalue weighted by Gasteiger charge is 2.04. The van der Waals surface area contributed by atoms with Crippen LogP contribution in [-0.4, -0.2) is 24.9 Å².